The van der Waals surface area contributed by atoms with Crippen LogP contribution in [0.3, 0.4) is 0 Å². The van der Waals surface area contributed by atoms with Crippen LogP contribution in [0.25, 0.3) is 0 Å². The minimum Gasteiger partial charge on any atom is -0.337 e. The lowest BCUT2D eigenvalue weighted by molar-refractivity contribution is 0.0779. The average Bonchev–Trinajstić information content (AvgIpc) is 2.38. The van der Waals surface area contributed by atoms with Gasteiger partial charge in [-0.05, 0) is 45.8 Å². The molecule has 0 atom stereocenters. The van der Waals surface area contributed by atoms with Gasteiger partial charge in [0.1, 0.15) is 11.6 Å². The number of amides is 1. The topological polar surface area (TPSA) is 20.3 Å². The fourth-order valence-corrected chi connectivity index (χ4v) is 2.39. The molecule has 0 unspecified atom stereocenters. The zero-order valence-corrected chi connectivity index (χ0v) is 12.3. The van der Waals surface area contributed by atoms with Crippen LogP contribution in [0.15, 0.2) is 46.9 Å². The van der Waals surface area contributed by atoms with Crippen molar-refractivity contribution in [2.24, 2.45) is 0 Å². The van der Waals surface area contributed by atoms with Gasteiger partial charge in [-0.15, -0.1) is 0 Å². The summed E-state index contributed by atoms with van der Waals surface area (Å²) in [6.45, 7) is 0.206. The first-order valence-corrected chi connectivity index (χ1v) is 6.72. The molecule has 0 aliphatic carbocycles. The normalized spacial score (nSPS) is 10.4. The highest BCUT2D eigenvalue weighted by molar-refractivity contribution is 9.10. The molecular formula is C15H12BrF2NO. The number of halogens is 3. The summed E-state index contributed by atoms with van der Waals surface area (Å²) in [7, 11) is 1.55. The van der Waals surface area contributed by atoms with E-state index in [9.17, 15) is 13.6 Å². The number of rotatable bonds is 3. The second-order valence-corrected chi connectivity index (χ2v) is 5.24. The zero-order valence-electron chi connectivity index (χ0n) is 10.7. The van der Waals surface area contributed by atoms with E-state index in [2.05, 4.69) is 15.9 Å². The van der Waals surface area contributed by atoms with Gasteiger partial charge in [0.15, 0.2) is 0 Å². The van der Waals surface area contributed by atoms with Crippen LogP contribution in [0.5, 0.6) is 0 Å². The van der Waals surface area contributed by atoms with E-state index < -0.39 is 11.7 Å². The second-order valence-electron chi connectivity index (χ2n) is 4.39. The van der Waals surface area contributed by atoms with Gasteiger partial charge < -0.3 is 4.90 Å². The van der Waals surface area contributed by atoms with Gasteiger partial charge >= 0.3 is 0 Å². The van der Waals surface area contributed by atoms with Gasteiger partial charge in [-0.2, -0.15) is 0 Å². The van der Waals surface area contributed by atoms with Crippen LogP contribution in [0.2, 0.25) is 0 Å². The van der Waals surface area contributed by atoms with Gasteiger partial charge in [-0.3, -0.25) is 4.79 Å². The molecule has 0 bridgehead atoms. The maximum Gasteiger partial charge on any atom is 0.258 e. The van der Waals surface area contributed by atoms with Crippen molar-refractivity contribution in [3.63, 3.8) is 0 Å². The molecule has 104 valence electrons. The minimum atomic E-state index is -0.588. The Morgan fingerprint density at radius 1 is 1.20 bits per heavy atom. The van der Waals surface area contributed by atoms with E-state index in [1.165, 1.54) is 29.2 Å². The maximum atomic E-state index is 13.7. The van der Waals surface area contributed by atoms with Crippen molar-refractivity contribution in [3.05, 3.63) is 69.7 Å². The van der Waals surface area contributed by atoms with Crippen molar-refractivity contribution in [2.75, 3.05) is 7.05 Å². The SMILES string of the molecule is CN(Cc1cccc(F)c1)C(=O)c1c(F)cccc1Br. The highest BCUT2D eigenvalue weighted by atomic mass is 79.9. The lowest BCUT2D eigenvalue weighted by atomic mass is 10.1. The van der Waals surface area contributed by atoms with E-state index in [0.29, 0.717) is 10.0 Å². The molecule has 0 aliphatic heterocycles. The number of nitrogens with zero attached hydrogens (tertiary/aromatic N) is 1. The summed E-state index contributed by atoms with van der Waals surface area (Å²) in [6, 6.07) is 10.3. The number of hydrogen-bond acceptors (Lipinski definition) is 1. The Morgan fingerprint density at radius 3 is 2.55 bits per heavy atom. The molecule has 5 heteroatoms. The maximum absolute atomic E-state index is 13.7. The fourth-order valence-electron chi connectivity index (χ4n) is 1.87. The highest BCUT2D eigenvalue weighted by Gasteiger charge is 2.19. The summed E-state index contributed by atoms with van der Waals surface area (Å²) >= 11 is 3.17. The van der Waals surface area contributed by atoms with E-state index >= 15 is 0 Å². The number of benzene rings is 2. The van der Waals surface area contributed by atoms with Crippen LogP contribution in [0, 0.1) is 11.6 Å². The third-order valence-corrected chi connectivity index (χ3v) is 3.49. The van der Waals surface area contributed by atoms with Crippen molar-refractivity contribution < 1.29 is 13.6 Å². The Bertz CT molecular complexity index is 625. The molecular weight excluding hydrogens is 328 g/mol. The fraction of sp³-hybridized carbons (Fsp3) is 0.133. The Hall–Kier alpha value is -1.75. The molecule has 0 saturated carbocycles. The molecule has 0 N–H and O–H groups in total. The van der Waals surface area contributed by atoms with Crippen molar-refractivity contribution in [3.8, 4) is 0 Å². The lowest BCUT2D eigenvalue weighted by Crippen LogP contribution is -2.27. The number of carbonyl (C=O) groups is 1. The van der Waals surface area contributed by atoms with Crippen molar-refractivity contribution in [1.82, 2.24) is 4.90 Å². The summed E-state index contributed by atoms with van der Waals surface area (Å²) in [5.41, 5.74) is 0.625. The van der Waals surface area contributed by atoms with Gasteiger partial charge in [-0.25, -0.2) is 8.78 Å². The summed E-state index contributed by atoms with van der Waals surface area (Å²) in [5.74, 6) is -1.41. The van der Waals surface area contributed by atoms with Crippen LogP contribution >= 0.6 is 15.9 Å². The van der Waals surface area contributed by atoms with Crippen molar-refractivity contribution >= 4 is 21.8 Å². The van der Waals surface area contributed by atoms with E-state index in [-0.39, 0.29) is 17.9 Å². The molecule has 0 heterocycles. The molecule has 2 nitrogen and oxygen atoms in total. The van der Waals surface area contributed by atoms with Gasteiger partial charge in [0.05, 0.1) is 5.56 Å². The zero-order chi connectivity index (χ0) is 14.7. The first-order valence-electron chi connectivity index (χ1n) is 5.93. The summed E-state index contributed by atoms with van der Waals surface area (Å²) in [4.78, 5) is 13.6. The standard InChI is InChI=1S/C15H12BrF2NO/c1-19(9-10-4-2-5-11(17)8-10)15(20)14-12(16)6-3-7-13(14)18/h2-8H,9H2,1H3. The predicted molar refractivity (Wildman–Crippen MR) is 76.3 cm³/mol. The Balaban J connectivity index is 2.21. The van der Waals surface area contributed by atoms with E-state index in [0.717, 1.165) is 0 Å². The first kappa shape index (κ1) is 14.7. The van der Waals surface area contributed by atoms with Crippen LogP contribution in [-0.4, -0.2) is 17.9 Å². The summed E-state index contributed by atoms with van der Waals surface area (Å²) in [5, 5.41) is 0. The molecule has 0 spiro atoms. The Morgan fingerprint density at radius 2 is 1.90 bits per heavy atom. The Kier molecular flexibility index (Phi) is 4.49. The van der Waals surface area contributed by atoms with Gasteiger partial charge in [-0.1, -0.05) is 18.2 Å². The molecule has 2 rings (SSSR count). The molecule has 0 fully saturated rings. The summed E-state index contributed by atoms with van der Waals surface area (Å²) < 4.78 is 27.2. The highest BCUT2D eigenvalue weighted by Crippen LogP contribution is 2.21. The number of hydrogen-bond donors (Lipinski definition) is 0. The minimum absolute atomic E-state index is 0.0218. The van der Waals surface area contributed by atoms with E-state index in [4.69, 9.17) is 0 Å². The van der Waals surface area contributed by atoms with Crippen molar-refractivity contribution in [1.29, 1.82) is 0 Å². The molecule has 1 amide bonds. The molecule has 20 heavy (non-hydrogen) atoms. The average molecular weight is 340 g/mol. The van der Waals surface area contributed by atoms with Crippen molar-refractivity contribution in [2.45, 2.75) is 6.54 Å². The van der Waals surface area contributed by atoms with Crippen LogP contribution in [-0.2, 0) is 6.54 Å². The second kappa shape index (κ2) is 6.13. The molecule has 0 aliphatic rings. The van der Waals surface area contributed by atoms with Crippen LogP contribution in [0.4, 0.5) is 8.78 Å². The quantitative estimate of drug-likeness (QED) is 0.827. The monoisotopic (exact) mass is 339 g/mol. The number of carbonyl (C=O) groups excluding carboxylic acids is 1. The third-order valence-electron chi connectivity index (χ3n) is 2.83. The van der Waals surface area contributed by atoms with Crippen LogP contribution < -0.4 is 0 Å². The predicted octanol–water partition coefficient (Wildman–Crippen LogP) is 4.00. The van der Waals surface area contributed by atoms with Crippen LogP contribution in [0.1, 0.15) is 15.9 Å². The van der Waals surface area contributed by atoms with Gasteiger partial charge in [0.2, 0.25) is 0 Å². The van der Waals surface area contributed by atoms with E-state index in [1.54, 1.807) is 25.2 Å². The first-order chi connectivity index (χ1) is 9.49. The third kappa shape index (κ3) is 3.22. The molecule has 0 radical (unpaired) electrons. The summed E-state index contributed by atoms with van der Waals surface area (Å²) in [6.07, 6.45) is 0. The smallest absolute Gasteiger partial charge is 0.258 e. The van der Waals surface area contributed by atoms with Gasteiger partial charge in [0, 0.05) is 18.1 Å². The van der Waals surface area contributed by atoms with Gasteiger partial charge in [0.25, 0.3) is 5.91 Å². The molecule has 2 aromatic carbocycles. The van der Waals surface area contributed by atoms with E-state index in [1.807, 2.05) is 0 Å². The molecule has 2 aromatic rings. The molecule has 0 aromatic heterocycles. The lowest BCUT2D eigenvalue weighted by Gasteiger charge is -2.18. The largest absolute Gasteiger partial charge is 0.337 e. The Labute approximate surface area is 124 Å². The molecule has 0 saturated heterocycles.